The smallest absolute Gasteiger partial charge is 0.0680 e. The first kappa shape index (κ1) is 21.5. The maximum atomic E-state index is 5.57. The molecule has 0 atom stereocenters. The SMILES string of the molecule is CC(C)N1CCN(C(C)(C)N2CCC(C(C)(C)N3CCOCC3)CC2)CC1. The Morgan fingerprint density at radius 1 is 0.704 bits per heavy atom. The van der Waals surface area contributed by atoms with Crippen molar-refractivity contribution in [3.63, 3.8) is 0 Å². The van der Waals surface area contributed by atoms with Gasteiger partial charge in [0.1, 0.15) is 0 Å². The third kappa shape index (κ3) is 4.69. The van der Waals surface area contributed by atoms with E-state index < -0.39 is 0 Å². The molecule has 5 heteroatoms. The van der Waals surface area contributed by atoms with Crippen molar-refractivity contribution in [3.05, 3.63) is 0 Å². The van der Waals surface area contributed by atoms with Gasteiger partial charge >= 0.3 is 0 Å². The van der Waals surface area contributed by atoms with Crippen LogP contribution < -0.4 is 0 Å². The van der Waals surface area contributed by atoms with Gasteiger partial charge in [-0.3, -0.25) is 19.6 Å². The molecule has 0 N–H and O–H groups in total. The average Bonchev–Trinajstić information content (AvgIpc) is 2.69. The molecule has 3 fully saturated rings. The Morgan fingerprint density at radius 3 is 1.74 bits per heavy atom. The molecular weight excluding hydrogens is 336 g/mol. The summed E-state index contributed by atoms with van der Waals surface area (Å²) < 4.78 is 5.57. The largest absolute Gasteiger partial charge is 0.379 e. The lowest BCUT2D eigenvalue weighted by molar-refractivity contribution is -0.0895. The lowest BCUT2D eigenvalue weighted by Crippen LogP contribution is -2.64. The van der Waals surface area contributed by atoms with Gasteiger partial charge in [-0.15, -0.1) is 0 Å². The molecule has 0 aromatic carbocycles. The maximum absolute atomic E-state index is 5.57. The normalized spacial score (nSPS) is 26.8. The van der Waals surface area contributed by atoms with E-state index in [1.807, 2.05) is 0 Å². The summed E-state index contributed by atoms with van der Waals surface area (Å²) in [5, 5.41) is 0. The fraction of sp³-hybridized carbons (Fsp3) is 1.00. The van der Waals surface area contributed by atoms with Crippen LogP contribution in [0.15, 0.2) is 0 Å². The van der Waals surface area contributed by atoms with Crippen LogP contribution in [0.25, 0.3) is 0 Å². The van der Waals surface area contributed by atoms with Gasteiger partial charge < -0.3 is 4.74 Å². The Morgan fingerprint density at radius 2 is 1.22 bits per heavy atom. The van der Waals surface area contributed by atoms with Crippen LogP contribution in [-0.4, -0.2) is 102 Å². The minimum atomic E-state index is 0.178. The number of likely N-dealkylation sites (tertiary alicyclic amines) is 1. The lowest BCUT2D eigenvalue weighted by atomic mass is 9.78. The van der Waals surface area contributed by atoms with Gasteiger partial charge in [-0.25, -0.2) is 0 Å². The highest BCUT2D eigenvalue weighted by molar-refractivity contribution is 4.95. The predicted molar refractivity (Wildman–Crippen MR) is 113 cm³/mol. The molecule has 158 valence electrons. The molecule has 3 rings (SSSR count). The summed E-state index contributed by atoms with van der Waals surface area (Å²) in [6.45, 7) is 25.8. The molecule has 0 radical (unpaired) electrons. The Hall–Kier alpha value is -0.200. The number of nitrogens with zero attached hydrogens (tertiary/aromatic N) is 4. The third-order valence-corrected chi connectivity index (χ3v) is 7.91. The van der Waals surface area contributed by atoms with Gasteiger partial charge in [-0.05, 0) is 60.3 Å². The number of morpholine rings is 1. The Balaban J connectivity index is 1.53. The molecule has 3 aliphatic rings. The van der Waals surface area contributed by atoms with Crippen molar-refractivity contribution in [1.29, 1.82) is 0 Å². The molecular formula is C22H44N4O. The summed E-state index contributed by atoms with van der Waals surface area (Å²) in [7, 11) is 0. The van der Waals surface area contributed by atoms with Gasteiger partial charge in [0.15, 0.2) is 0 Å². The molecule has 0 bridgehead atoms. The van der Waals surface area contributed by atoms with Crippen LogP contribution >= 0.6 is 0 Å². The van der Waals surface area contributed by atoms with E-state index >= 15 is 0 Å². The summed E-state index contributed by atoms with van der Waals surface area (Å²) in [4.78, 5) is 10.8. The second kappa shape index (κ2) is 8.66. The summed E-state index contributed by atoms with van der Waals surface area (Å²) >= 11 is 0. The minimum Gasteiger partial charge on any atom is -0.379 e. The molecule has 0 saturated carbocycles. The highest BCUT2D eigenvalue weighted by Crippen LogP contribution is 2.36. The van der Waals surface area contributed by atoms with E-state index in [4.69, 9.17) is 4.74 Å². The molecule has 0 amide bonds. The first-order chi connectivity index (χ1) is 12.7. The monoisotopic (exact) mass is 380 g/mol. The molecule has 0 aliphatic carbocycles. The number of hydrogen-bond acceptors (Lipinski definition) is 5. The molecule has 0 aromatic rings. The summed E-state index contributed by atoms with van der Waals surface area (Å²) in [6.07, 6.45) is 2.64. The highest BCUT2D eigenvalue weighted by Gasteiger charge is 2.42. The molecule has 3 saturated heterocycles. The lowest BCUT2D eigenvalue weighted by Gasteiger charge is -2.54. The molecule has 0 spiro atoms. The summed E-state index contributed by atoms with van der Waals surface area (Å²) in [6, 6.07) is 0.674. The van der Waals surface area contributed by atoms with E-state index in [-0.39, 0.29) is 5.66 Å². The van der Waals surface area contributed by atoms with Crippen LogP contribution in [-0.2, 0) is 4.74 Å². The van der Waals surface area contributed by atoms with Gasteiger partial charge in [-0.1, -0.05) is 0 Å². The fourth-order valence-corrected chi connectivity index (χ4v) is 5.52. The number of rotatable bonds is 5. The second-order valence-electron chi connectivity index (χ2n) is 10.1. The van der Waals surface area contributed by atoms with E-state index in [0.717, 1.165) is 32.2 Å². The average molecular weight is 381 g/mol. The zero-order valence-corrected chi connectivity index (χ0v) is 18.8. The van der Waals surface area contributed by atoms with Crippen LogP contribution in [0.1, 0.15) is 54.4 Å². The van der Waals surface area contributed by atoms with Crippen molar-refractivity contribution in [2.24, 2.45) is 5.92 Å². The Bertz CT molecular complexity index is 457. The van der Waals surface area contributed by atoms with Crippen molar-refractivity contribution in [1.82, 2.24) is 19.6 Å². The van der Waals surface area contributed by atoms with E-state index in [9.17, 15) is 0 Å². The second-order valence-corrected chi connectivity index (χ2v) is 10.1. The number of piperidine rings is 1. The molecule has 5 nitrogen and oxygen atoms in total. The van der Waals surface area contributed by atoms with Crippen molar-refractivity contribution in [2.45, 2.75) is 71.6 Å². The Kier molecular flexibility index (Phi) is 6.90. The first-order valence-electron chi connectivity index (χ1n) is 11.3. The summed E-state index contributed by atoms with van der Waals surface area (Å²) in [5.74, 6) is 0.792. The quantitative estimate of drug-likeness (QED) is 0.729. The molecule has 0 unspecified atom stereocenters. The van der Waals surface area contributed by atoms with E-state index in [1.54, 1.807) is 0 Å². The minimum absolute atomic E-state index is 0.178. The van der Waals surface area contributed by atoms with Gasteiger partial charge in [0.05, 0.1) is 18.9 Å². The topological polar surface area (TPSA) is 22.2 Å². The summed E-state index contributed by atoms with van der Waals surface area (Å²) in [5.41, 5.74) is 0.472. The standard InChI is InChI=1S/C22H44N4O/c1-19(2)23-11-13-26(14-12-23)22(5,6)25-9-7-20(8-10-25)21(3,4)24-15-17-27-18-16-24/h19-20H,7-18H2,1-6H3. The molecule has 27 heavy (non-hydrogen) atoms. The van der Waals surface area contributed by atoms with Gasteiger partial charge in [-0.2, -0.15) is 0 Å². The molecule has 0 aromatic heterocycles. The highest BCUT2D eigenvalue weighted by atomic mass is 16.5. The fourth-order valence-electron chi connectivity index (χ4n) is 5.52. The number of hydrogen-bond donors (Lipinski definition) is 0. The van der Waals surface area contributed by atoms with Crippen LogP contribution in [0, 0.1) is 5.92 Å². The number of piperazine rings is 1. The van der Waals surface area contributed by atoms with E-state index in [0.29, 0.717) is 11.6 Å². The predicted octanol–water partition coefficient (Wildman–Crippen LogP) is 2.57. The Labute approximate surface area is 168 Å². The van der Waals surface area contributed by atoms with Crippen molar-refractivity contribution in [2.75, 3.05) is 65.6 Å². The van der Waals surface area contributed by atoms with Crippen LogP contribution in [0.5, 0.6) is 0 Å². The molecule has 3 aliphatic heterocycles. The van der Waals surface area contributed by atoms with Gasteiger partial charge in [0.25, 0.3) is 0 Å². The zero-order chi connectivity index (χ0) is 19.7. The van der Waals surface area contributed by atoms with Crippen molar-refractivity contribution in [3.8, 4) is 0 Å². The molecule has 3 heterocycles. The third-order valence-electron chi connectivity index (χ3n) is 7.91. The van der Waals surface area contributed by atoms with Crippen molar-refractivity contribution < 1.29 is 4.74 Å². The maximum Gasteiger partial charge on any atom is 0.0680 e. The van der Waals surface area contributed by atoms with Crippen LogP contribution in [0.4, 0.5) is 0 Å². The van der Waals surface area contributed by atoms with Crippen LogP contribution in [0.3, 0.4) is 0 Å². The van der Waals surface area contributed by atoms with E-state index in [1.165, 1.54) is 52.1 Å². The zero-order valence-electron chi connectivity index (χ0n) is 18.8. The van der Waals surface area contributed by atoms with E-state index in [2.05, 4.69) is 61.1 Å². The first-order valence-corrected chi connectivity index (χ1v) is 11.3. The number of ether oxygens (including phenoxy) is 1. The van der Waals surface area contributed by atoms with Crippen molar-refractivity contribution >= 4 is 0 Å². The van der Waals surface area contributed by atoms with Gasteiger partial charge in [0.2, 0.25) is 0 Å². The van der Waals surface area contributed by atoms with Crippen LogP contribution in [0.2, 0.25) is 0 Å². The van der Waals surface area contributed by atoms with Gasteiger partial charge in [0, 0.05) is 63.9 Å².